The fourth-order valence-corrected chi connectivity index (χ4v) is 3.39. The van der Waals surface area contributed by atoms with E-state index in [0.29, 0.717) is 17.8 Å². The van der Waals surface area contributed by atoms with E-state index in [2.05, 4.69) is 20.7 Å². The lowest BCUT2D eigenvalue weighted by Crippen LogP contribution is -2.28. The minimum Gasteiger partial charge on any atom is -0.352 e. The molecule has 0 bridgehead atoms. The smallest absolute Gasteiger partial charge is 0.255 e. The molecular formula is C20H21N5O2. The number of rotatable bonds is 5. The highest BCUT2D eigenvalue weighted by Crippen LogP contribution is 2.24. The zero-order chi connectivity index (χ0) is 18.6. The van der Waals surface area contributed by atoms with Crippen LogP contribution in [0, 0.1) is 5.92 Å². The molecule has 7 nitrogen and oxygen atoms in total. The van der Waals surface area contributed by atoms with E-state index in [-0.39, 0.29) is 17.7 Å². The van der Waals surface area contributed by atoms with E-state index in [1.165, 1.54) is 6.33 Å². The van der Waals surface area contributed by atoms with Gasteiger partial charge in [0.2, 0.25) is 5.91 Å². The molecule has 2 heterocycles. The van der Waals surface area contributed by atoms with Gasteiger partial charge in [-0.25, -0.2) is 9.50 Å². The fourth-order valence-electron chi connectivity index (χ4n) is 3.39. The van der Waals surface area contributed by atoms with Crippen LogP contribution < -0.4 is 10.6 Å². The van der Waals surface area contributed by atoms with Crippen molar-refractivity contribution in [3.8, 4) is 0 Å². The van der Waals surface area contributed by atoms with Crippen LogP contribution in [0.15, 0.2) is 48.9 Å². The lowest BCUT2D eigenvalue weighted by molar-refractivity contribution is -0.124. The number of benzene rings is 1. The molecule has 1 saturated carbocycles. The lowest BCUT2D eigenvalue weighted by atomic mass is 10.1. The summed E-state index contributed by atoms with van der Waals surface area (Å²) in [5, 5.41) is 9.89. The first-order valence-corrected chi connectivity index (χ1v) is 9.16. The van der Waals surface area contributed by atoms with Crippen LogP contribution in [0.1, 0.15) is 41.6 Å². The van der Waals surface area contributed by atoms with Crippen molar-refractivity contribution in [1.82, 2.24) is 19.9 Å². The Labute approximate surface area is 156 Å². The number of pyridine rings is 1. The van der Waals surface area contributed by atoms with Crippen molar-refractivity contribution in [3.05, 3.63) is 60.0 Å². The minimum absolute atomic E-state index is 0.137. The summed E-state index contributed by atoms with van der Waals surface area (Å²) < 4.78 is 1.60. The molecule has 2 aromatic heterocycles. The summed E-state index contributed by atoms with van der Waals surface area (Å²) in [5.74, 6) is 0.103. The summed E-state index contributed by atoms with van der Waals surface area (Å²) >= 11 is 0. The average Bonchev–Trinajstić information content (AvgIpc) is 3.38. The number of nitrogens with one attached hydrogen (secondary N) is 2. The Morgan fingerprint density at radius 3 is 2.63 bits per heavy atom. The molecule has 1 fully saturated rings. The van der Waals surface area contributed by atoms with Crippen molar-refractivity contribution in [1.29, 1.82) is 0 Å². The van der Waals surface area contributed by atoms with Crippen molar-refractivity contribution < 1.29 is 9.59 Å². The zero-order valence-electron chi connectivity index (χ0n) is 14.9. The van der Waals surface area contributed by atoms with E-state index in [1.54, 1.807) is 35.0 Å². The van der Waals surface area contributed by atoms with Crippen molar-refractivity contribution in [2.24, 2.45) is 5.92 Å². The summed E-state index contributed by atoms with van der Waals surface area (Å²) in [6.07, 6.45) is 7.45. The van der Waals surface area contributed by atoms with Gasteiger partial charge in [-0.15, -0.1) is 0 Å². The van der Waals surface area contributed by atoms with Crippen molar-refractivity contribution >= 4 is 23.1 Å². The van der Waals surface area contributed by atoms with Crippen LogP contribution >= 0.6 is 0 Å². The summed E-state index contributed by atoms with van der Waals surface area (Å²) in [6, 6.07) is 10.8. The SMILES string of the molecule is O=C(Nc1ccc2ncnn2c1)c1ccc(CNC(=O)C2CCCC2)cc1. The predicted molar refractivity (Wildman–Crippen MR) is 101 cm³/mol. The number of aromatic nitrogens is 3. The molecule has 27 heavy (non-hydrogen) atoms. The van der Waals surface area contributed by atoms with E-state index in [0.717, 1.165) is 36.9 Å². The van der Waals surface area contributed by atoms with E-state index < -0.39 is 0 Å². The average molecular weight is 363 g/mol. The normalized spacial score (nSPS) is 14.4. The summed E-state index contributed by atoms with van der Waals surface area (Å²) in [7, 11) is 0. The van der Waals surface area contributed by atoms with Crippen LogP contribution in [0.5, 0.6) is 0 Å². The van der Waals surface area contributed by atoms with Gasteiger partial charge in [0, 0.05) is 18.0 Å². The van der Waals surface area contributed by atoms with Crippen LogP contribution in [0.4, 0.5) is 5.69 Å². The lowest BCUT2D eigenvalue weighted by Gasteiger charge is -2.11. The second-order valence-corrected chi connectivity index (χ2v) is 6.83. The first-order valence-electron chi connectivity index (χ1n) is 9.16. The second-order valence-electron chi connectivity index (χ2n) is 6.83. The Hall–Kier alpha value is -3.22. The minimum atomic E-state index is -0.198. The maximum absolute atomic E-state index is 12.4. The first kappa shape index (κ1) is 17.2. The third-order valence-electron chi connectivity index (χ3n) is 4.94. The Kier molecular flexibility index (Phi) is 4.82. The molecule has 0 spiro atoms. The van der Waals surface area contributed by atoms with Gasteiger partial charge in [-0.1, -0.05) is 25.0 Å². The van der Waals surface area contributed by atoms with Gasteiger partial charge in [0.1, 0.15) is 6.33 Å². The van der Waals surface area contributed by atoms with E-state index in [4.69, 9.17) is 0 Å². The molecule has 4 rings (SSSR count). The molecule has 1 aliphatic rings. The summed E-state index contributed by atoms with van der Waals surface area (Å²) in [5.41, 5.74) is 2.89. The number of carbonyl (C=O) groups excluding carboxylic acids is 2. The molecule has 2 N–H and O–H groups in total. The standard InChI is InChI=1S/C20H21N5O2/c26-19(15-3-1-2-4-15)21-11-14-5-7-16(8-6-14)20(27)24-17-9-10-18-22-13-23-25(18)12-17/h5-10,12-13,15H,1-4,11H2,(H,21,26)(H,24,27). The van der Waals surface area contributed by atoms with Gasteiger partial charge < -0.3 is 10.6 Å². The quantitative estimate of drug-likeness (QED) is 0.730. The van der Waals surface area contributed by atoms with Crippen LogP contribution in [-0.4, -0.2) is 26.4 Å². The fraction of sp³-hybridized carbons (Fsp3) is 0.300. The van der Waals surface area contributed by atoms with E-state index in [9.17, 15) is 9.59 Å². The van der Waals surface area contributed by atoms with Gasteiger partial charge >= 0.3 is 0 Å². The van der Waals surface area contributed by atoms with Crippen LogP contribution in [0.25, 0.3) is 5.65 Å². The second kappa shape index (κ2) is 7.57. The number of nitrogens with zero attached hydrogens (tertiary/aromatic N) is 3. The summed E-state index contributed by atoms with van der Waals surface area (Å²) in [6.45, 7) is 0.486. The molecule has 2 amide bonds. The number of hydrogen-bond acceptors (Lipinski definition) is 4. The maximum atomic E-state index is 12.4. The molecule has 1 aliphatic carbocycles. The van der Waals surface area contributed by atoms with Gasteiger partial charge in [-0.2, -0.15) is 5.10 Å². The monoisotopic (exact) mass is 363 g/mol. The highest BCUT2D eigenvalue weighted by Gasteiger charge is 2.22. The molecule has 0 atom stereocenters. The highest BCUT2D eigenvalue weighted by molar-refractivity contribution is 6.04. The van der Waals surface area contributed by atoms with Gasteiger partial charge in [-0.3, -0.25) is 9.59 Å². The molecule has 3 aromatic rings. The molecule has 0 radical (unpaired) electrons. The van der Waals surface area contributed by atoms with Gasteiger partial charge in [0.25, 0.3) is 5.91 Å². The van der Waals surface area contributed by atoms with Gasteiger partial charge in [0.05, 0.1) is 11.9 Å². The Morgan fingerprint density at radius 2 is 1.85 bits per heavy atom. The van der Waals surface area contributed by atoms with Crippen molar-refractivity contribution in [2.75, 3.05) is 5.32 Å². The molecular weight excluding hydrogens is 342 g/mol. The Morgan fingerprint density at radius 1 is 1.07 bits per heavy atom. The Balaban J connectivity index is 1.34. The first-order chi connectivity index (χ1) is 13.2. The van der Waals surface area contributed by atoms with E-state index in [1.807, 2.05) is 12.1 Å². The number of hydrogen-bond donors (Lipinski definition) is 2. The number of amides is 2. The highest BCUT2D eigenvalue weighted by atomic mass is 16.2. The molecule has 0 saturated heterocycles. The molecule has 0 aliphatic heterocycles. The third kappa shape index (κ3) is 3.97. The van der Waals surface area contributed by atoms with Crippen LogP contribution in [-0.2, 0) is 11.3 Å². The zero-order valence-corrected chi connectivity index (χ0v) is 14.9. The molecule has 7 heteroatoms. The van der Waals surface area contributed by atoms with Crippen molar-refractivity contribution in [3.63, 3.8) is 0 Å². The maximum Gasteiger partial charge on any atom is 0.255 e. The largest absolute Gasteiger partial charge is 0.352 e. The molecule has 138 valence electrons. The van der Waals surface area contributed by atoms with Gasteiger partial charge in [0.15, 0.2) is 5.65 Å². The number of fused-ring (bicyclic) bond motifs is 1. The van der Waals surface area contributed by atoms with Crippen LogP contribution in [0.3, 0.4) is 0 Å². The predicted octanol–water partition coefficient (Wildman–Crippen LogP) is 2.79. The summed E-state index contributed by atoms with van der Waals surface area (Å²) in [4.78, 5) is 28.6. The number of carbonyl (C=O) groups is 2. The number of anilines is 1. The molecule has 0 unspecified atom stereocenters. The third-order valence-corrected chi connectivity index (χ3v) is 4.94. The van der Waals surface area contributed by atoms with Crippen molar-refractivity contribution in [2.45, 2.75) is 32.2 Å². The van der Waals surface area contributed by atoms with Gasteiger partial charge in [-0.05, 0) is 42.7 Å². The Bertz CT molecular complexity index is 958. The van der Waals surface area contributed by atoms with Crippen LogP contribution in [0.2, 0.25) is 0 Å². The topological polar surface area (TPSA) is 88.4 Å². The molecule has 1 aromatic carbocycles. The van der Waals surface area contributed by atoms with E-state index >= 15 is 0 Å².